The molecule has 1 aromatic heterocycles. The lowest BCUT2D eigenvalue weighted by molar-refractivity contribution is 0.00181. The molecule has 0 aliphatic rings. The number of nitrogens with zero attached hydrogens (tertiary/aromatic N) is 1. The van der Waals surface area contributed by atoms with Crippen LogP contribution in [-0.4, -0.2) is 30.3 Å². The Morgan fingerprint density at radius 2 is 2.04 bits per heavy atom. The van der Waals surface area contributed by atoms with E-state index in [2.05, 4.69) is 23.8 Å². The third-order valence-corrected chi connectivity index (χ3v) is 4.94. The van der Waals surface area contributed by atoms with Gasteiger partial charge in [-0.1, -0.05) is 26.8 Å². The highest BCUT2D eigenvalue weighted by Gasteiger charge is 2.35. The summed E-state index contributed by atoms with van der Waals surface area (Å²) in [6.45, 7) is 10.0. The number of ether oxygens (including phenoxy) is 1. The average molecular weight is 374 g/mol. The number of aromatic nitrogens is 1. The van der Waals surface area contributed by atoms with Crippen LogP contribution in [0, 0.1) is 5.92 Å². The van der Waals surface area contributed by atoms with E-state index in [1.807, 2.05) is 45.2 Å². The zero-order valence-electron chi connectivity index (χ0n) is 17.3. The van der Waals surface area contributed by atoms with Gasteiger partial charge in [0.25, 0.3) is 0 Å². The number of likely N-dealkylation sites (N-methyl/N-ethyl adjacent to an activating group) is 1. The molecule has 2 rings (SSSR count). The summed E-state index contributed by atoms with van der Waals surface area (Å²) in [5, 5.41) is 15.2. The second-order valence-electron chi connectivity index (χ2n) is 6.39. The van der Waals surface area contributed by atoms with Crippen LogP contribution in [-0.2, 0) is 5.72 Å². The molecule has 27 heavy (non-hydrogen) atoms. The Kier molecular flexibility index (Phi) is 9.43. The Morgan fingerprint density at radius 3 is 2.59 bits per heavy atom. The summed E-state index contributed by atoms with van der Waals surface area (Å²) in [7, 11) is 3.43. The molecule has 0 saturated heterocycles. The van der Waals surface area contributed by atoms with Gasteiger partial charge in [0.1, 0.15) is 5.75 Å². The molecule has 5 heteroatoms. The van der Waals surface area contributed by atoms with Crippen LogP contribution in [0.4, 0.5) is 0 Å². The molecule has 0 fully saturated rings. The van der Waals surface area contributed by atoms with E-state index in [0.29, 0.717) is 17.2 Å². The van der Waals surface area contributed by atoms with E-state index in [1.165, 1.54) is 0 Å². The minimum absolute atomic E-state index is 0.293. The predicted octanol–water partition coefficient (Wildman–Crippen LogP) is 3.95. The molecule has 2 aromatic rings. The summed E-state index contributed by atoms with van der Waals surface area (Å²) in [5.74, 6) is 1.12. The number of methoxy groups -OCH3 is 1. The highest BCUT2D eigenvalue weighted by atomic mass is 16.5. The van der Waals surface area contributed by atoms with Crippen molar-refractivity contribution in [3.63, 3.8) is 0 Å². The number of pyridine rings is 1. The van der Waals surface area contributed by atoms with E-state index >= 15 is 0 Å². The van der Waals surface area contributed by atoms with Gasteiger partial charge in [0.05, 0.1) is 18.7 Å². The van der Waals surface area contributed by atoms with E-state index in [9.17, 15) is 5.11 Å². The lowest BCUT2D eigenvalue weighted by Gasteiger charge is -2.34. The monoisotopic (exact) mass is 373 g/mol. The normalized spacial score (nSPS) is 15.2. The van der Waals surface area contributed by atoms with Crippen molar-refractivity contribution in [2.24, 2.45) is 11.7 Å². The first-order chi connectivity index (χ1) is 13.0. The molecule has 0 aliphatic carbocycles. The fraction of sp³-hybridized carbons (Fsp3) is 0.500. The summed E-state index contributed by atoms with van der Waals surface area (Å²) < 4.78 is 5.31. The topological polar surface area (TPSA) is 80.4 Å². The number of allylic oxidation sites excluding steroid dienone is 1. The molecule has 3 atom stereocenters. The highest BCUT2D eigenvalue weighted by Crippen LogP contribution is 2.31. The average Bonchev–Trinajstić information content (AvgIpc) is 2.71. The van der Waals surface area contributed by atoms with Gasteiger partial charge in [0, 0.05) is 17.1 Å². The molecule has 0 saturated carbocycles. The van der Waals surface area contributed by atoms with Crippen molar-refractivity contribution in [3.8, 4) is 5.75 Å². The molecule has 1 heterocycles. The lowest BCUT2D eigenvalue weighted by Crippen LogP contribution is -2.54. The van der Waals surface area contributed by atoms with Gasteiger partial charge < -0.3 is 15.2 Å². The molecule has 0 unspecified atom stereocenters. The molecule has 1 aromatic carbocycles. The van der Waals surface area contributed by atoms with Gasteiger partial charge in [-0.05, 0) is 56.5 Å². The third-order valence-electron chi connectivity index (χ3n) is 4.94. The number of rotatable bonds is 9. The number of hydrogen-bond donors (Lipinski definition) is 3. The van der Waals surface area contributed by atoms with Crippen LogP contribution >= 0.6 is 0 Å². The zero-order chi connectivity index (χ0) is 20.4. The van der Waals surface area contributed by atoms with Crippen LogP contribution < -0.4 is 15.8 Å². The standard InChI is InChI=1S/C20H29N3O2.C2H6/c1-5-14(6-2)7-10-19(22-3)20(21,24)17-11-12-23-18-9-8-15(25-4)13-16(17)18;1-2/h5,8-9,11-14,19,22,24H,1,6-7,10,21H2,2-4H3;1-2H3/t14-,19+,20-;/m0./s1. The van der Waals surface area contributed by atoms with Crippen molar-refractivity contribution >= 4 is 10.9 Å². The molecule has 4 N–H and O–H groups in total. The Bertz CT molecular complexity index is 716. The van der Waals surface area contributed by atoms with E-state index < -0.39 is 5.72 Å². The molecule has 150 valence electrons. The SMILES string of the molecule is C=C[C@@H](CC)CC[C@@H](NC)[C@@](N)(O)c1ccnc2ccc(OC)cc12.CC. The molecule has 0 aliphatic heterocycles. The Morgan fingerprint density at radius 1 is 1.33 bits per heavy atom. The fourth-order valence-electron chi connectivity index (χ4n) is 3.24. The Labute approximate surface area is 163 Å². The van der Waals surface area contributed by atoms with Crippen LogP contribution in [0.5, 0.6) is 5.75 Å². The Balaban J connectivity index is 0.00000176. The predicted molar refractivity (Wildman–Crippen MR) is 114 cm³/mol. The van der Waals surface area contributed by atoms with E-state index in [0.717, 1.165) is 30.2 Å². The minimum atomic E-state index is -1.53. The molecule has 0 bridgehead atoms. The van der Waals surface area contributed by atoms with Crippen molar-refractivity contribution in [2.45, 2.75) is 51.8 Å². The number of nitrogens with two attached hydrogens (primary N) is 1. The summed E-state index contributed by atoms with van der Waals surface area (Å²) >= 11 is 0. The van der Waals surface area contributed by atoms with Crippen LogP contribution in [0.15, 0.2) is 43.1 Å². The number of benzene rings is 1. The molecular formula is C22H35N3O2. The van der Waals surface area contributed by atoms with Gasteiger partial charge >= 0.3 is 0 Å². The van der Waals surface area contributed by atoms with Crippen molar-refractivity contribution in [1.29, 1.82) is 0 Å². The summed E-state index contributed by atoms with van der Waals surface area (Å²) in [6.07, 6.45) is 6.32. The van der Waals surface area contributed by atoms with E-state index in [1.54, 1.807) is 19.4 Å². The summed E-state index contributed by atoms with van der Waals surface area (Å²) in [4.78, 5) is 4.36. The Hall–Kier alpha value is -1.95. The van der Waals surface area contributed by atoms with Crippen molar-refractivity contribution in [1.82, 2.24) is 10.3 Å². The number of aliphatic hydroxyl groups is 1. The van der Waals surface area contributed by atoms with Crippen LogP contribution in [0.1, 0.15) is 45.6 Å². The summed E-state index contributed by atoms with van der Waals surface area (Å²) in [5.41, 5.74) is 6.31. The molecular weight excluding hydrogens is 338 g/mol. The van der Waals surface area contributed by atoms with Crippen molar-refractivity contribution in [2.75, 3.05) is 14.2 Å². The van der Waals surface area contributed by atoms with Crippen molar-refractivity contribution < 1.29 is 9.84 Å². The first-order valence-corrected chi connectivity index (χ1v) is 9.72. The maximum absolute atomic E-state index is 11.2. The van der Waals surface area contributed by atoms with Gasteiger partial charge in [-0.3, -0.25) is 10.7 Å². The zero-order valence-corrected chi connectivity index (χ0v) is 17.3. The van der Waals surface area contributed by atoms with Gasteiger partial charge in [0.15, 0.2) is 5.72 Å². The van der Waals surface area contributed by atoms with Crippen LogP contribution in [0.3, 0.4) is 0 Å². The fourth-order valence-corrected chi connectivity index (χ4v) is 3.24. The third kappa shape index (κ3) is 5.51. The maximum Gasteiger partial charge on any atom is 0.155 e. The van der Waals surface area contributed by atoms with Gasteiger partial charge in [-0.15, -0.1) is 6.58 Å². The number of fused-ring (bicyclic) bond motifs is 1. The number of nitrogens with one attached hydrogen (secondary N) is 1. The molecule has 5 nitrogen and oxygen atoms in total. The van der Waals surface area contributed by atoms with E-state index in [4.69, 9.17) is 10.5 Å². The second-order valence-corrected chi connectivity index (χ2v) is 6.39. The quantitative estimate of drug-likeness (QED) is 0.458. The van der Waals surface area contributed by atoms with Gasteiger partial charge in [0.2, 0.25) is 0 Å². The summed E-state index contributed by atoms with van der Waals surface area (Å²) in [6, 6.07) is 7.06. The molecule has 0 spiro atoms. The first-order valence-electron chi connectivity index (χ1n) is 9.72. The number of hydrogen-bond acceptors (Lipinski definition) is 5. The molecule has 0 amide bonds. The lowest BCUT2D eigenvalue weighted by atomic mass is 9.87. The first kappa shape index (κ1) is 23.1. The largest absolute Gasteiger partial charge is 0.497 e. The van der Waals surface area contributed by atoms with Gasteiger partial charge in [-0.25, -0.2) is 0 Å². The maximum atomic E-state index is 11.2. The highest BCUT2D eigenvalue weighted by molar-refractivity contribution is 5.84. The van der Waals surface area contributed by atoms with Crippen molar-refractivity contribution in [3.05, 3.63) is 48.7 Å². The van der Waals surface area contributed by atoms with Gasteiger partial charge in [-0.2, -0.15) is 0 Å². The van der Waals surface area contributed by atoms with Crippen LogP contribution in [0.25, 0.3) is 10.9 Å². The second kappa shape index (κ2) is 11.0. The minimum Gasteiger partial charge on any atom is -0.497 e. The van der Waals surface area contributed by atoms with E-state index in [-0.39, 0.29) is 6.04 Å². The molecule has 0 radical (unpaired) electrons. The van der Waals surface area contributed by atoms with Crippen LogP contribution in [0.2, 0.25) is 0 Å². The smallest absolute Gasteiger partial charge is 0.155 e.